The first-order chi connectivity index (χ1) is 37.9. The van der Waals surface area contributed by atoms with Crippen molar-refractivity contribution >= 4 is 56.0 Å². The summed E-state index contributed by atoms with van der Waals surface area (Å²) in [5, 5.41) is 2.00. The molecule has 0 radical (unpaired) electrons. The third-order valence-electron chi connectivity index (χ3n) is 14.4. The molecule has 15 nitrogen and oxygen atoms in total. The van der Waals surface area contributed by atoms with E-state index in [0.29, 0.717) is 120 Å². The summed E-state index contributed by atoms with van der Waals surface area (Å²) in [5.41, 5.74) is 6.46. The lowest BCUT2D eigenvalue weighted by Crippen LogP contribution is -2.49. The number of benzene rings is 4. The molecule has 78 heavy (non-hydrogen) atoms. The van der Waals surface area contributed by atoms with Crippen LogP contribution in [0.25, 0.3) is 55.0 Å². The number of aromatic nitrogens is 5. The fraction of sp³-hybridized carbons (Fsp3) is 0.295. The van der Waals surface area contributed by atoms with Crippen LogP contribution >= 0.6 is 0 Å². The molecule has 0 atom stereocenters. The molecule has 11 rings (SSSR count). The van der Waals surface area contributed by atoms with E-state index in [2.05, 4.69) is 34.7 Å². The van der Waals surface area contributed by atoms with Gasteiger partial charge in [-0.2, -0.15) is 0 Å². The number of halogens is 2. The predicted octanol–water partition coefficient (Wildman–Crippen LogP) is 11.2. The number of H-pyrrole nitrogens is 3. The number of nitrogens with one attached hydrogen (secondary N) is 3. The SMILES string of the molecule is CC.CCc1cc(-c2cnc3ccccc3c2OC)c2cc(C(=O)N3CCN(c4ncccc4OC)CC3)[nH]c2c1F.COc1ccccc1N1CCN(C(=O)c2cc3c(-c4c[nH]ccc4=O)cc(C(C)C)c(F)c3[nH]2)CC1. The number of amides is 2. The molecule has 4 aromatic carbocycles. The van der Waals surface area contributed by atoms with Crippen molar-refractivity contribution in [3.05, 3.63) is 160 Å². The quantitative estimate of drug-likeness (QED) is 0.114. The van der Waals surface area contributed by atoms with E-state index in [1.165, 1.54) is 6.07 Å². The number of pyridine rings is 3. The van der Waals surface area contributed by atoms with Crippen LogP contribution in [-0.2, 0) is 6.42 Å². The summed E-state index contributed by atoms with van der Waals surface area (Å²) in [7, 11) is 4.89. The smallest absolute Gasteiger partial charge is 0.270 e. The van der Waals surface area contributed by atoms with Crippen LogP contribution in [0, 0.1) is 11.6 Å². The molecule has 7 heterocycles. The number of aryl methyl sites for hydroxylation is 1. The number of anilines is 2. The molecule has 0 bridgehead atoms. The first-order valence-corrected chi connectivity index (χ1v) is 26.4. The van der Waals surface area contributed by atoms with Gasteiger partial charge in [0, 0.05) is 110 Å². The number of rotatable bonds is 11. The average molecular weight is 1060 g/mol. The van der Waals surface area contributed by atoms with Crippen LogP contribution in [0.1, 0.15) is 72.6 Å². The summed E-state index contributed by atoms with van der Waals surface area (Å²) in [6.07, 6.45) is 7.17. The molecule has 0 unspecified atom stereocenters. The summed E-state index contributed by atoms with van der Waals surface area (Å²) in [4.78, 5) is 65.7. The van der Waals surface area contributed by atoms with Crippen LogP contribution in [0.4, 0.5) is 20.3 Å². The van der Waals surface area contributed by atoms with Crippen LogP contribution in [0.5, 0.6) is 17.2 Å². The van der Waals surface area contributed by atoms with Gasteiger partial charge in [-0.1, -0.05) is 58.9 Å². The minimum absolute atomic E-state index is 0.0959. The van der Waals surface area contributed by atoms with Crippen LogP contribution in [0.3, 0.4) is 0 Å². The van der Waals surface area contributed by atoms with E-state index in [-0.39, 0.29) is 34.5 Å². The van der Waals surface area contributed by atoms with Crippen LogP contribution in [-0.4, -0.2) is 120 Å². The second-order valence-corrected chi connectivity index (χ2v) is 19.1. The molecule has 0 spiro atoms. The number of methoxy groups -OCH3 is 3. The molecule has 2 amide bonds. The van der Waals surface area contributed by atoms with Crippen molar-refractivity contribution in [2.75, 3.05) is 83.5 Å². The maximum absolute atomic E-state index is 15.6. The number of carbonyl (C=O) groups excluding carboxylic acids is 2. The Morgan fingerprint density at radius 3 is 1.85 bits per heavy atom. The third-order valence-corrected chi connectivity index (χ3v) is 14.4. The van der Waals surface area contributed by atoms with E-state index in [1.54, 1.807) is 74.1 Å². The number of ether oxygens (including phenoxy) is 3. The lowest BCUT2D eigenvalue weighted by molar-refractivity contribution is 0.0734. The van der Waals surface area contributed by atoms with Crippen molar-refractivity contribution in [3.63, 3.8) is 0 Å². The predicted molar refractivity (Wildman–Crippen MR) is 305 cm³/mol. The maximum atomic E-state index is 15.6. The molecular weight excluding hydrogens is 993 g/mol. The molecular formula is C61H65F2N9O6. The Bertz CT molecular complexity index is 3690. The second-order valence-electron chi connectivity index (χ2n) is 19.1. The fourth-order valence-electron chi connectivity index (χ4n) is 10.4. The number of piperazine rings is 2. The average Bonchev–Trinajstić information content (AvgIpc) is 4.33. The van der Waals surface area contributed by atoms with E-state index in [0.717, 1.165) is 39.3 Å². The highest BCUT2D eigenvalue weighted by Crippen LogP contribution is 2.41. The maximum Gasteiger partial charge on any atom is 0.270 e. The lowest BCUT2D eigenvalue weighted by atomic mass is 9.94. The molecule has 0 saturated carbocycles. The summed E-state index contributed by atoms with van der Waals surface area (Å²) in [6.45, 7) is 14.3. The van der Waals surface area contributed by atoms with Gasteiger partial charge < -0.3 is 48.8 Å². The van der Waals surface area contributed by atoms with Crippen molar-refractivity contribution in [1.29, 1.82) is 0 Å². The zero-order valence-electron chi connectivity index (χ0n) is 45.3. The Balaban J connectivity index is 0.000000185. The number of para-hydroxylation sites is 3. The highest BCUT2D eigenvalue weighted by atomic mass is 19.1. The second kappa shape index (κ2) is 23.7. The van der Waals surface area contributed by atoms with Crippen LogP contribution in [0.15, 0.2) is 121 Å². The van der Waals surface area contributed by atoms with Crippen molar-refractivity contribution < 1.29 is 32.6 Å². The van der Waals surface area contributed by atoms with Crippen LogP contribution in [0.2, 0.25) is 0 Å². The van der Waals surface area contributed by atoms with E-state index in [9.17, 15) is 14.4 Å². The van der Waals surface area contributed by atoms with Crippen molar-refractivity contribution in [2.24, 2.45) is 0 Å². The molecule has 9 aromatic rings. The van der Waals surface area contributed by atoms with Gasteiger partial charge in [-0.05, 0) is 95.3 Å². The summed E-state index contributed by atoms with van der Waals surface area (Å²) >= 11 is 0. The first kappa shape index (κ1) is 54.1. The van der Waals surface area contributed by atoms with E-state index in [4.69, 9.17) is 14.2 Å². The third kappa shape index (κ3) is 10.4. The molecule has 17 heteroatoms. The highest BCUT2D eigenvalue weighted by Gasteiger charge is 2.29. The largest absolute Gasteiger partial charge is 0.495 e. The number of hydrogen-bond donors (Lipinski definition) is 3. The van der Waals surface area contributed by atoms with Crippen LogP contribution < -0.4 is 29.4 Å². The Morgan fingerprint density at radius 1 is 0.641 bits per heavy atom. The summed E-state index contributed by atoms with van der Waals surface area (Å²) in [6, 6.07) is 27.7. The van der Waals surface area contributed by atoms with Gasteiger partial charge in [-0.15, -0.1) is 0 Å². The van der Waals surface area contributed by atoms with Gasteiger partial charge in [-0.25, -0.2) is 13.8 Å². The Labute approximate surface area is 451 Å². The number of hydrogen-bond acceptors (Lipinski definition) is 10. The van der Waals surface area contributed by atoms with Crippen molar-refractivity contribution in [2.45, 2.75) is 47.0 Å². The fourth-order valence-corrected chi connectivity index (χ4v) is 10.4. The Kier molecular flexibility index (Phi) is 16.4. The molecule has 2 aliphatic rings. The molecule has 3 N–H and O–H groups in total. The van der Waals surface area contributed by atoms with Gasteiger partial charge in [-0.3, -0.25) is 19.4 Å². The lowest BCUT2D eigenvalue weighted by Gasteiger charge is -2.36. The molecule has 2 saturated heterocycles. The van der Waals surface area contributed by atoms with Gasteiger partial charge in [0.05, 0.1) is 43.6 Å². The van der Waals surface area contributed by atoms with Gasteiger partial charge in [0.2, 0.25) is 0 Å². The normalized spacial score (nSPS) is 13.6. The van der Waals surface area contributed by atoms with Gasteiger partial charge in [0.15, 0.2) is 22.8 Å². The van der Waals surface area contributed by atoms with E-state index in [1.807, 2.05) is 101 Å². The number of fused-ring (bicyclic) bond motifs is 3. The molecule has 404 valence electrons. The zero-order chi connectivity index (χ0) is 55.2. The van der Waals surface area contributed by atoms with Gasteiger partial charge in [0.25, 0.3) is 11.8 Å². The Morgan fingerprint density at radius 2 is 1.23 bits per heavy atom. The minimum Gasteiger partial charge on any atom is -0.495 e. The molecule has 2 fully saturated rings. The number of carbonyl (C=O) groups is 2. The molecule has 0 aliphatic carbocycles. The monoisotopic (exact) mass is 1060 g/mol. The standard InChI is InChI=1S/C31H30FN5O3.C28H29FN4O3.C2H6/c1-4-19-16-21(23-18-34-24-9-6-5-8-20(24)29(23)40-3)22-17-25(35-28(22)27(19)32)31(38)37-14-12-36(13-15-37)30-26(39-2)10-7-11-33-30;1-17(2)18-14-19(21-16-30-9-8-24(21)34)20-15-22(31-27(20)26(18)29)28(35)33-12-10-32(11-13-33)23-6-4-5-7-25(23)36-3;1-2/h5-11,16-18,35H,4,12-15H2,1-3H3;4-9,14-17,31H,10-13H2,1-3H3,(H,30,34);1-2H3. The first-order valence-electron chi connectivity index (χ1n) is 26.4. The Hall–Kier alpha value is -8.73. The summed E-state index contributed by atoms with van der Waals surface area (Å²) in [5.74, 6) is 1.73. The van der Waals surface area contributed by atoms with E-state index >= 15 is 8.78 Å². The minimum atomic E-state index is -0.392. The number of nitrogens with zero attached hydrogens (tertiary/aromatic N) is 6. The number of aromatic amines is 3. The zero-order valence-corrected chi connectivity index (χ0v) is 45.3. The molecule has 5 aromatic heterocycles. The highest BCUT2D eigenvalue weighted by molar-refractivity contribution is 6.06. The topological polar surface area (TPSA) is 165 Å². The van der Waals surface area contributed by atoms with Gasteiger partial charge in [0.1, 0.15) is 28.7 Å². The molecule has 2 aliphatic heterocycles. The summed E-state index contributed by atoms with van der Waals surface area (Å²) < 4.78 is 47.9. The van der Waals surface area contributed by atoms with Gasteiger partial charge >= 0.3 is 0 Å². The van der Waals surface area contributed by atoms with E-state index < -0.39 is 5.82 Å². The van der Waals surface area contributed by atoms with Crippen molar-refractivity contribution in [1.82, 2.24) is 34.7 Å². The van der Waals surface area contributed by atoms with Crippen molar-refractivity contribution in [3.8, 4) is 39.5 Å².